The summed E-state index contributed by atoms with van der Waals surface area (Å²) < 4.78 is 6.27. The molecule has 0 spiro atoms. The minimum absolute atomic E-state index is 0.0734. The van der Waals surface area contributed by atoms with E-state index in [4.69, 9.17) is 14.8 Å². The van der Waals surface area contributed by atoms with Crippen molar-refractivity contribution < 1.29 is 9.21 Å². The van der Waals surface area contributed by atoms with Gasteiger partial charge in [-0.2, -0.15) is 0 Å². The van der Waals surface area contributed by atoms with E-state index in [2.05, 4.69) is 32.1 Å². The number of benzene rings is 1. The van der Waals surface area contributed by atoms with Gasteiger partial charge in [0.15, 0.2) is 5.17 Å². The molecule has 2 aliphatic heterocycles. The molecule has 4 unspecified atom stereocenters. The van der Waals surface area contributed by atoms with Crippen LogP contribution in [0, 0.1) is 11.3 Å². The molecule has 1 amide bonds. The van der Waals surface area contributed by atoms with Gasteiger partial charge in [0.25, 0.3) is 0 Å². The largest absolute Gasteiger partial charge is 0.467 e. The Hall–Kier alpha value is -2.14. The van der Waals surface area contributed by atoms with Crippen molar-refractivity contribution in [2.24, 2.45) is 10.9 Å². The first-order chi connectivity index (χ1) is 15.0. The Kier molecular flexibility index (Phi) is 6.80. The maximum absolute atomic E-state index is 12.9. The Morgan fingerprint density at radius 2 is 2.13 bits per heavy atom. The minimum atomic E-state index is -0.345. The second-order valence-electron chi connectivity index (χ2n) is 7.47. The molecule has 4 N–H and O–H groups in total. The molecule has 1 aromatic carbocycles. The molecule has 10 heteroatoms. The molecule has 3 heterocycles. The molecule has 0 aliphatic carbocycles. The fourth-order valence-corrected chi connectivity index (χ4v) is 5.03. The normalized spacial score (nSPS) is 24.0. The third-order valence-corrected chi connectivity index (χ3v) is 7.21. The van der Waals surface area contributed by atoms with Gasteiger partial charge >= 0.3 is 0 Å². The lowest BCUT2D eigenvalue weighted by molar-refractivity contribution is -0.120. The van der Waals surface area contributed by atoms with E-state index in [9.17, 15) is 4.79 Å². The number of thioether (sulfide) groups is 1. The lowest BCUT2D eigenvalue weighted by atomic mass is 9.97. The standard InChI is InChI=1S/C21H25BrN6O2S/c1-3-16(20(29)24-11-15-5-4-10-30-15)31-21-25-19-17(12(2)26-27-19)18(23)28(21)14-8-6-13(22)7-9-14/h4-10,12,16-17,19,23,26-27H,3,11H2,1-2H3,(H,24,29). The molecule has 1 saturated heterocycles. The monoisotopic (exact) mass is 504 g/mol. The summed E-state index contributed by atoms with van der Waals surface area (Å²) in [6, 6.07) is 11.5. The summed E-state index contributed by atoms with van der Waals surface area (Å²) in [6.07, 6.45) is 1.98. The van der Waals surface area contributed by atoms with Crippen LogP contribution >= 0.6 is 27.7 Å². The van der Waals surface area contributed by atoms with Crippen LogP contribution in [0.15, 0.2) is 56.5 Å². The van der Waals surface area contributed by atoms with Gasteiger partial charge in [0.2, 0.25) is 5.91 Å². The molecule has 0 saturated carbocycles. The molecule has 0 radical (unpaired) electrons. The van der Waals surface area contributed by atoms with Crippen molar-refractivity contribution in [1.29, 1.82) is 5.41 Å². The highest BCUT2D eigenvalue weighted by Crippen LogP contribution is 2.34. The van der Waals surface area contributed by atoms with Crippen LogP contribution in [0.2, 0.25) is 0 Å². The number of anilines is 1. The summed E-state index contributed by atoms with van der Waals surface area (Å²) in [4.78, 5) is 19.6. The van der Waals surface area contributed by atoms with Crippen molar-refractivity contribution in [3.05, 3.63) is 52.9 Å². The van der Waals surface area contributed by atoms with Gasteiger partial charge in [0.05, 0.1) is 24.0 Å². The number of furan rings is 1. The highest BCUT2D eigenvalue weighted by atomic mass is 79.9. The van der Waals surface area contributed by atoms with Gasteiger partial charge in [0, 0.05) is 16.2 Å². The third kappa shape index (κ3) is 4.72. The Morgan fingerprint density at radius 1 is 1.35 bits per heavy atom. The number of rotatable bonds is 6. The number of nitrogens with one attached hydrogen (secondary N) is 4. The van der Waals surface area contributed by atoms with Crippen molar-refractivity contribution in [2.45, 2.75) is 44.3 Å². The summed E-state index contributed by atoms with van der Waals surface area (Å²) >= 11 is 4.86. The molecule has 8 nitrogen and oxygen atoms in total. The minimum Gasteiger partial charge on any atom is -0.467 e. The van der Waals surface area contributed by atoms with Crippen molar-refractivity contribution in [3.63, 3.8) is 0 Å². The van der Waals surface area contributed by atoms with Crippen LogP contribution in [0.3, 0.4) is 0 Å². The summed E-state index contributed by atoms with van der Waals surface area (Å²) in [5, 5.41) is 12.2. The number of hydrogen-bond donors (Lipinski definition) is 4. The third-order valence-electron chi connectivity index (χ3n) is 5.35. The zero-order valence-electron chi connectivity index (χ0n) is 17.3. The van der Waals surface area contributed by atoms with Gasteiger partial charge < -0.3 is 9.73 Å². The topological polar surface area (TPSA) is 106 Å². The maximum atomic E-state index is 12.9. The second kappa shape index (κ2) is 9.56. The van der Waals surface area contributed by atoms with E-state index in [-0.39, 0.29) is 29.3 Å². The Bertz CT molecular complexity index is 965. The van der Waals surface area contributed by atoms with Crippen LogP contribution < -0.4 is 21.1 Å². The first-order valence-electron chi connectivity index (χ1n) is 10.2. The van der Waals surface area contributed by atoms with Gasteiger partial charge in [-0.05, 0) is 49.7 Å². The molecule has 164 valence electrons. The fourth-order valence-electron chi connectivity index (χ4n) is 3.67. The van der Waals surface area contributed by atoms with E-state index in [0.717, 1.165) is 10.2 Å². The fraction of sp³-hybridized carbons (Fsp3) is 0.381. The zero-order chi connectivity index (χ0) is 22.0. The van der Waals surface area contributed by atoms with E-state index in [0.29, 0.717) is 29.7 Å². The molecular formula is C21H25BrN6O2S. The average molecular weight is 505 g/mol. The van der Waals surface area contributed by atoms with E-state index in [1.165, 1.54) is 11.8 Å². The van der Waals surface area contributed by atoms with E-state index in [1.807, 2.05) is 49.1 Å². The molecule has 2 aromatic rings. The van der Waals surface area contributed by atoms with Crippen LogP contribution in [-0.2, 0) is 11.3 Å². The number of nitrogens with zero attached hydrogens (tertiary/aromatic N) is 2. The number of amidine groups is 2. The highest BCUT2D eigenvalue weighted by molar-refractivity contribution is 9.10. The van der Waals surface area contributed by atoms with Gasteiger partial charge in [-0.3, -0.25) is 20.5 Å². The quantitative estimate of drug-likeness (QED) is 0.479. The lowest BCUT2D eigenvalue weighted by Gasteiger charge is -2.36. The number of hydrogen-bond acceptors (Lipinski definition) is 7. The SMILES string of the molecule is CCC(SC1=NC2NNC(C)C2C(=N)N1c1ccc(Br)cc1)C(=O)NCc1ccco1. The van der Waals surface area contributed by atoms with E-state index < -0.39 is 0 Å². The predicted molar refractivity (Wildman–Crippen MR) is 127 cm³/mol. The second-order valence-corrected chi connectivity index (χ2v) is 9.55. The van der Waals surface area contributed by atoms with Crippen LogP contribution in [0.1, 0.15) is 26.0 Å². The molecule has 4 atom stereocenters. The summed E-state index contributed by atoms with van der Waals surface area (Å²) in [7, 11) is 0. The summed E-state index contributed by atoms with van der Waals surface area (Å²) in [6.45, 7) is 4.36. The van der Waals surface area contributed by atoms with Crippen LogP contribution in [0.4, 0.5) is 5.69 Å². The van der Waals surface area contributed by atoms with Crippen LogP contribution in [0.5, 0.6) is 0 Å². The molecule has 0 bridgehead atoms. The molecule has 1 aromatic heterocycles. The number of fused-ring (bicyclic) bond motifs is 1. The Labute approximate surface area is 193 Å². The van der Waals surface area contributed by atoms with E-state index >= 15 is 0 Å². The number of amides is 1. The molecule has 31 heavy (non-hydrogen) atoms. The van der Waals surface area contributed by atoms with Gasteiger partial charge in [-0.25, -0.2) is 10.4 Å². The number of halogens is 1. The van der Waals surface area contributed by atoms with Crippen molar-refractivity contribution >= 4 is 50.3 Å². The van der Waals surface area contributed by atoms with Crippen LogP contribution in [0.25, 0.3) is 0 Å². The van der Waals surface area contributed by atoms with Gasteiger partial charge in [-0.1, -0.05) is 34.6 Å². The zero-order valence-corrected chi connectivity index (χ0v) is 19.7. The van der Waals surface area contributed by atoms with Crippen molar-refractivity contribution in [3.8, 4) is 0 Å². The Balaban J connectivity index is 1.57. The van der Waals surface area contributed by atoms with Crippen molar-refractivity contribution in [1.82, 2.24) is 16.2 Å². The number of aliphatic imine (C=N–C) groups is 1. The molecular weight excluding hydrogens is 480 g/mol. The van der Waals surface area contributed by atoms with Gasteiger partial charge in [0.1, 0.15) is 17.8 Å². The first-order valence-corrected chi connectivity index (χ1v) is 11.8. The van der Waals surface area contributed by atoms with Gasteiger partial charge in [-0.15, -0.1) is 0 Å². The smallest absolute Gasteiger partial charge is 0.233 e. The summed E-state index contributed by atoms with van der Waals surface area (Å²) in [5.74, 6) is 0.989. The maximum Gasteiger partial charge on any atom is 0.233 e. The number of hydrazine groups is 1. The first kappa shape index (κ1) is 22.1. The van der Waals surface area contributed by atoms with Crippen LogP contribution in [-0.4, -0.2) is 34.4 Å². The van der Waals surface area contributed by atoms with Crippen molar-refractivity contribution in [2.75, 3.05) is 4.90 Å². The predicted octanol–water partition coefficient (Wildman–Crippen LogP) is 3.46. The molecule has 2 aliphatic rings. The Morgan fingerprint density at radius 3 is 2.81 bits per heavy atom. The summed E-state index contributed by atoms with van der Waals surface area (Å²) in [5.41, 5.74) is 7.21. The lowest BCUT2D eigenvalue weighted by Crippen LogP contribution is -2.51. The highest BCUT2D eigenvalue weighted by Gasteiger charge is 2.44. The number of carbonyl (C=O) groups excluding carboxylic acids is 1. The molecule has 1 fully saturated rings. The molecule has 4 rings (SSSR count). The van der Waals surface area contributed by atoms with E-state index in [1.54, 1.807) is 12.3 Å². The average Bonchev–Trinajstić information content (AvgIpc) is 3.41. The number of carbonyl (C=O) groups is 1.